The minimum atomic E-state index is -1.34. The summed E-state index contributed by atoms with van der Waals surface area (Å²) in [5.41, 5.74) is -0.445. The zero-order valence-corrected chi connectivity index (χ0v) is 12.4. The number of aliphatic hydroxyl groups excluding tert-OH is 1. The number of nitrogens with zero attached hydrogens (tertiary/aromatic N) is 3. The lowest BCUT2D eigenvalue weighted by Crippen LogP contribution is -2.43. The quantitative estimate of drug-likeness (QED) is 0.685. The Morgan fingerprint density at radius 3 is 2.45 bits per heavy atom. The number of carbonyl (C=O) groups excluding carboxylic acids is 1. The fourth-order valence-corrected chi connectivity index (χ4v) is 2.80. The summed E-state index contributed by atoms with van der Waals surface area (Å²) in [7, 11) is 0. The third kappa shape index (κ3) is 4.04. The van der Waals surface area contributed by atoms with Gasteiger partial charge in [-0.25, -0.2) is 4.79 Å². The van der Waals surface area contributed by atoms with Gasteiger partial charge in [0.2, 0.25) is 5.91 Å². The number of carbonyl (C=O) groups is 2. The van der Waals surface area contributed by atoms with Gasteiger partial charge in [-0.05, 0) is 18.8 Å². The standard InChI is InChI=1S/C15H21N3O4/c1-2-3-7-15(16-17-15)8-4-12(19)18-9-5-11(6-10-18)13(20)14(21)22/h1,11,13,20H,3-10H2,(H,21,22). The summed E-state index contributed by atoms with van der Waals surface area (Å²) >= 11 is 0. The van der Waals surface area contributed by atoms with Crippen LogP contribution in [-0.2, 0) is 9.59 Å². The minimum Gasteiger partial charge on any atom is -0.479 e. The summed E-state index contributed by atoms with van der Waals surface area (Å²) < 4.78 is 0. The molecule has 120 valence electrons. The number of rotatable bonds is 7. The fraction of sp³-hybridized carbons (Fsp3) is 0.733. The van der Waals surface area contributed by atoms with Crippen molar-refractivity contribution in [2.75, 3.05) is 13.1 Å². The summed E-state index contributed by atoms with van der Waals surface area (Å²) in [5.74, 6) is 1.10. The third-order valence-corrected chi connectivity index (χ3v) is 4.38. The predicted octanol–water partition coefficient (Wildman–Crippen LogP) is 1.03. The van der Waals surface area contributed by atoms with Gasteiger partial charge in [-0.1, -0.05) is 0 Å². The van der Waals surface area contributed by atoms with Crippen molar-refractivity contribution < 1.29 is 19.8 Å². The molecule has 1 fully saturated rings. The second-order valence-corrected chi connectivity index (χ2v) is 5.89. The van der Waals surface area contributed by atoms with Crippen molar-refractivity contribution in [2.45, 2.75) is 50.3 Å². The first-order valence-electron chi connectivity index (χ1n) is 7.53. The van der Waals surface area contributed by atoms with Crippen LogP contribution in [0.3, 0.4) is 0 Å². The van der Waals surface area contributed by atoms with Crippen molar-refractivity contribution in [2.24, 2.45) is 16.1 Å². The number of amides is 1. The summed E-state index contributed by atoms with van der Waals surface area (Å²) in [6.45, 7) is 0.971. The highest BCUT2D eigenvalue weighted by Crippen LogP contribution is 2.37. The van der Waals surface area contributed by atoms with E-state index in [1.54, 1.807) is 4.90 Å². The average Bonchev–Trinajstić information content (AvgIpc) is 3.30. The maximum Gasteiger partial charge on any atom is 0.332 e. The van der Waals surface area contributed by atoms with Gasteiger partial charge in [0.1, 0.15) is 0 Å². The molecule has 0 aromatic heterocycles. The molecule has 0 radical (unpaired) electrons. The van der Waals surface area contributed by atoms with Gasteiger partial charge in [0.25, 0.3) is 0 Å². The average molecular weight is 307 g/mol. The number of carboxylic acids is 1. The normalized spacial score (nSPS) is 21.2. The van der Waals surface area contributed by atoms with Crippen LogP contribution in [0.2, 0.25) is 0 Å². The summed E-state index contributed by atoms with van der Waals surface area (Å²) in [6.07, 6.45) is 7.13. The second kappa shape index (κ2) is 6.88. The molecule has 0 spiro atoms. The molecule has 0 aromatic rings. The molecule has 7 heteroatoms. The van der Waals surface area contributed by atoms with Gasteiger partial charge >= 0.3 is 5.97 Å². The predicted molar refractivity (Wildman–Crippen MR) is 77.8 cm³/mol. The highest BCUT2D eigenvalue weighted by molar-refractivity contribution is 5.76. The van der Waals surface area contributed by atoms with Crippen molar-refractivity contribution >= 4 is 11.9 Å². The molecule has 0 aromatic carbocycles. The highest BCUT2D eigenvalue weighted by atomic mass is 16.4. The molecular weight excluding hydrogens is 286 g/mol. The Hall–Kier alpha value is -1.94. The molecule has 1 amide bonds. The number of hydrogen-bond donors (Lipinski definition) is 2. The van der Waals surface area contributed by atoms with Crippen LogP contribution in [0.25, 0.3) is 0 Å². The molecule has 2 aliphatic rings. The molecule has 2 aliphatic heterocycles. The topological polar surface area (TPSA) is 103 Å². The number of terminal acetylenes is 1. The fourth-order valence-electron chi connectivity index (χ4n) is 2.80. The lowest BCUT2D eigenvalue weighted by Gasteiger charge is -2.33. The van der Waals surface area contributed by atoms with Crippen molar-refractivity contribution in [3.63, 3.8) is 0 Å². The number of aliphatic hydroxyl groups is 1. The Morgan fingerprint density at radius 2 is 1.95 bits per heavy atom. The van der Waals surface area contributed by atoms with E-state index in [1.807, 2.05) is 0 Å². The van der Waals surface area contributed by atoms with Crippen molar-refractivity contribution in [3.05, 3.63) is 0 Å². The summed E-state index contributed by atoms with van der Waals surface area (Å²) in [4.78, 5) is 24.7. The molecule has 2 rings (SSSR count). The monoisotopic (exact) mass is 307 g/mol. The highest BCUT2D eigenvalue weighted by Gasteiger charge is 2.40. The molecule has 7 nitrogen and oxygen atoms in total. The van der Waals surface area contributed by atoms with Gasteiger partial charge < -0.3 is 15.1 Å². The molecule has 1 saturated heterocycles. The smallest absolute Gasteiger partial charge is 0.332 e. The van der Waals surface area contributed by atoms with Gasteiger partial charge in [-0.2, -0.15) is 10.2 Å². The van der Waals surface area contributed by atoms with E-state index >= 15 is 0 Å². The van der Waals surface area contributed by atoms with Crippen LogP contribution >= 0.6 is 0 Å². The molecular formula is C15H21N3O4. The molecule has 0 bridgehead atoms. The van der Waals surface area contributed by atoms with Crippen LogP contribution in [0.4, 0.5) is 0 Å². The van der Waals surface area contributed by atoms with E-state index in [0.29, 0.717) is 51.6 Å². The lowest BCUT2D eigenvalue weighted by atomic mass is 9.91. The van der Waals surface area contributed by atoms with Crippen LogP contribution < -0.4 is 0 Å². The first-order valence-corrected chi connectivity index (χ1v) is 7.53. The molecule has 22 heavy (non-hydrogen) atoms. The Balaban J connectivity index is 1.72. The lowest BCUT2D eigenvalue weighted by molar-refractivity contribution is -0.151. The van der Waals surface area contributed by atoms with Crippen LogP contribution in [0.1, 0.15) is 38.5 Å². The van der Waals surface area contributed by atoms with Gasteiger partial charge in [0.15, 0.2) is 11.8 Å². The number of carboxylic acid groups (broad SMARTS) is 1. The van der Waals surface area contributed by atoms with E-state index in [1.165, 1.54) is 0 Å². The molecule has 1 atom stereocenters. The SMILES string of the molecule is C#CCCC1(CCC(=O)N2CCC(C(O)C(=O)O)CC2)N=N1. The van der Waals surface area contributed by atoms with E-state index in [-0.39, 0.29) is 11.8 Å². The molecule has 0 aliphatic carbocycles. The minimum absolute atomic E-state index is 0.0284. The summed E-state index contributed by atoms with van der Waals surface area (Å²) in [6, 6.07) is 0. The van der Waals surface area contributed by atoms with E-state index in [9.17, 15) is 14.7 Å². The zero-order chi connectivity index (χ0) is 16.2. The van der Waals surface area contributed by atoms with Crippen LogP contribution in [0.5, 0.6) is 0 Å². The molecule has 2 heterocycles. The van der Waals surface area contributed by atoms with E-state index in [4.69, 9.17) is 11.5 Å². The first kappa shape index (κ1) is 16.4. The molecule has 1 unspecified atom stereocenters. The summed E-state index contributed by atoms with van der Waals surface area (Å²) in [5, 5.41) is 26.3. The van der Waals surface area contributed by atoms with Gasteiger partial charge in [-0.3, -0.25) is 4.79 Å². The Bertz CT molecular complexity index is 497. The van der Waals surface area contributed by atoms with E-state index < -0.39 is 17.7 Å². The van der Waals surface area contributed by atoms with Crippen molar-refractivity contribution in [1.82, 2.24) is 4.90 Å². The maximum absolute atomic E-state index is 12.2. The van der Waals surface area contributed by atoms with Crippen LogP contribution in [-0.4, -0.2) is 51.8 Å². The van der Waals surface area contributed by atoms with Gasteiger partial charge in [0.05, 0.1) is 0 Å². The van der Waals surface area contributed by atoms with E-state index in [0.717, 1.165) is 0 Å². The van der Waals surface area contributed by atoms with Gasteiger partial charge in [0, 0.05) is 38.8 Å². The number of piperidine rings is 1. The van der Waals surface area contributed by atoms with E-state index in [2.05, 4.69) is 16.1 Å². The second-order valence-electron chi connectivity index (χ2n) is 5.89. The number of aliphatic carboxylic acids is 1. The van der Waals surface area contributed by atoms with Crippen molar-refractivity contribution in [1.29, 1.82) is 0 Å². The number of hydrogen-bond acceptors (Lipinski definition) is 5. The largest absolute Gasteiger partial charge is 0.479 e. The van der Waals surface area contributed by atoms with Crippen LogP contribution in [0, 0.1) is 18.3 Å². The van der Waals surface area contributed by atoms with Gasteiger partial charge in [-0.15, -0.1) is 12.3 Å². The van der Waals surface area contributed by atoms with Crippen LogP contribution in [0.15, 0.2) is 10.2 Å². The number of likely N-dealkylation sites (tertiary alicyclic amines) is 1. The van der Waals surface area contributed by atoms with Crippen molar-refractivity contribution in [3.8, 4) is 12.3 Å². The molecule has 0 saturated carbocycles. The maximum atomic E-state index is 12.2. The zero-order valence-electron chi connectivity index (χ0n) is 12.4. The Labute approximate surface area is 129 Å². The first-order chi connectivity index (χ1) is 10.5. The Kier molecular flexibility index (Phi) is 5.14. The Morgan fingerprint density at radius 1 is 1.32 bits per heavy atom. The third-order valence-electron chi connectivity index (χ3n) is 4.38. The molecule has 2 N–H and O–H groups in total.